The molecule has 1 unspecified atom stereocenters. The van der Waals surface area contributed by atoms with Crippen molar-refractivity contribution < 1.29 is 38.4 Å². The first-order valence-corrected chi connectivity index (χ1v) is 17.2. The summed E-state index contributed by atoms with van der Waals surface area (Å²) >= 11 is 0. The molecule has 0 aliphatic carbocycles. The lowest BCUT2D eigenvalue weighted by Gasteiger charge is -2.39. The van der Waals surface area contributed by atoms with E-state index in [4.69, 9.17) is 18.9 Å². The van der Waals surface area contributed by atoms with E-state index in [2.05, 4.69) is 23.6 Å². The maximum atomic E-state index is 12.7. The van der Waals surface area contributed by atoms with Gasteiger partial charge in [-0.3, -0.25) is 9.59 Å². The van der Waals surface area contributed by atoms with Crippen LogP contribution in [0, 0.1) is 5.92 Å². The molecule has 0 saturated carbocycles. The minimum absolute atomic E-state index is 0.00179. The Balaban J connectivity index is 1.21. The van der Waals surface area contributed by atoms with Gasteiger partial charge in [0.1, 0.15) is 23.9 Å². The number of nitrogens with zero attached hydrogens (tertiary/aromatic N) is 1. The molecule has 0 aromatic carbocycles. The molecular formula is C35H55N3O8. The zero-order chi connectivity index (χ0) is 33.3. The molecule has 1 spiro atoms. The summed E-state index contributed by atoms with van der Waals surface area (Å²) in [5, 5.41) is 16.8. The number of amides is 3. The van der Waals surface area contributed by atoms with Crippen LogP contribution < -0.4 is 10.6 Å². The topological polar surface area (TPSA) is 139 Å². The Morgan fingerprint density at radius 3 is 2.57 bits per heavy atom. The van der Waals surface area contributed by atoms with E-state index in [1.54, 1.807) is 17.9 Å². The van der Waals surface area contributed by atoms with Gasteiger partial charge in [0, 0.05) is 32.1 Å². The Morgan fingerprint density at radius 1 is 1.13 bits per heavy atom. The van der Waals surface area contributed by atoms with Gasteiger partial charge in [0.2, 0.25) is 11.8 Å². The van der Waals surface area contributed by atoms with Gasteiger partial charge < -0.3 is 39.6 Å². The van der Waals surface area contributed by atoms with Crippen molar-refractivity contribution >= 4 is 17.9 Å². The van der Waals surface area contributed by atoms with Crippen molar-refractivity contribution in [3.05, 3.63) is 36.0 Å². The number of nitrogens with one attached hydrogen (secondary N) is 2. The predicted octanol–water partition coefficient (Wildman–Crippen LogP) is 3.95. The van der Waals surface area contributed by atoms with Crippen LogP contribution in [0.1, 0.15) is 86.0 Å². The van der Waals surface area contributed by atoms with E-state index in [1.165, 1.54) is 6.08 Å². The summed E-state index contributed by atoms with van der Waals surface area (Å²) in [6.45, 7) is 12.4. The third-order valence-electron chi connectivity index (χ3n) is 9.46. The van der Waals surface area contributed by atoms with E-state index in [9.17, 15) is 19.5 Å². The quantitative estimate of drug-likeness (QED) is 0.165. The van der Waals surface area contributed by atoms with Crippen LogP contribution in [0.5, 0.6) is 0 Å². The van der Waals surface area contributed by atoms with Gasteiger partial charge in [-0.25, -0.2) is 4.79 Å². The molecular weight excluding hydrogens is 590 g/mol. The van der Waals surface area contributed by atoms with Crippen LogP contribution in [-0.2, 0) is 28.5 Å². The molecule has 0 aromatic rings. The number of carbonyl (C=O) groups excluding carboxylic acids is 3. The average Bonchev–Trinajstić information content (AvgIpc) is 3.81. The van der Waals surface area contributed by atoms with Crippen molar-refractivity contribution in [2.45, 2.75) is 134 Å². The Labute approximate surface area is 274 Å². The average molecular weight is 646 g/mol. The number of hydrogen-bond acceptors (Lipinski definition) is 8. The molecule has 11 nitrogen and oxygen atoms in total. The van der Waals surface area contributed by atoms with Crippen LogP contribution in [0.3, 0.4) is 0 Å². The highest BCUT2D eigenvalue weighted by atomic mass is 16.6. The van der Waals surface area contributed by atoms with Crippen molar-refractivity contribution in [3.8, 4) is 0 Å². The molecule has 46 heavy (non-hydrogen) atoms. The monoisotopic (exact) mass is 645 g/mol. The molecule has 9 atom stereocenters. The number of ether oxygens (including phenoxy) is 4. The normalized spacial score (nSPS) is 34.1. The van der Waals surface area contributed by atoms with Crippen LogP contribution in [0.15, 0.2) is 36.0 Å². The van der Waals surface area contributed by atoms with Crippen molar-refractivity contribution in [3.63, 3.8) is 0 Å². The lowest BCUT2D eigenvalue weighted by molar-refractivity contribution is -0.145. The van der Waals surface area contributed by atoms with Crippen molar-refractivity contribution in [2.24, 2.45) is 5.92 Å². The molecule has 3 N–H and O–H groups in total. The van der Waals surface area contributed by atoms with Gasteiger partial charge in [-0.05, 0) is 71.3 Å². The summed E-state index contributed by atoms with van der Waals surface area (Å²) in [7, 11) is 0. The van der Waals surface area contributed by atoms with Gasteiger partial charge in [-0.1, -0.05) is 37.6 Å². The first-order chi connectivity index (χ1) is 22.0. The number of aliphatic hydroxyl groups is 1. The first kappa shape index (κ1) is 36.1. The second kappa shape index (κ2) is 16.9. The summed E-state index contributed by atoms with van der Waals surface area (Å²) in [6.07, 6.45) is 12.6. The maximum Gasteiger partial charge on any atom is 0.410 e. The zero-order valence-corrected chi connectivity index (χ0v) is 28.2. The maximum absolute atomic E-state index is 12.7. The number of allylic oxidation sites excluding steroid dienone is 2. The highest BCUT2D eigenvalue weighted by Gasteiger charge is 2.58. The molecule has 4 aliphatic heterocycles. The van der Waals surface area contributed by atoms with Crippen LogP contribution in [0.4, 0.5) is 4.79 Å². The highest BCUT2D eigenvalue weighted by molar-refractivity contribution is 5.87. The van der Waals surface area contributed by atoms with E-state index in [0.29, 0.717) is 26.0 Å². The second-order valence-electron chi connectivity index (χ2n) is 13.5. The fraction of sp³-hybridized carbons (Fsp3) is 0.743. The molecule has 4 saturated heterocycles. The Hall–Kier alpha value is -2.73. The molecule has 11 heteroatoms. The number of carbonyl (C=O) groups is 3. The summed E-state index contributed by atoms with van der Waals surface area (Å²) in [4.78, 5) is 39.0. The minimum atomic E-state index is -0.783. The minimum Gasteiger partial charge on any atom is -0.442 e. The van der Waals surface area contributed by atoms with E-state index in [-0.39, 0.29) is 54.6 Å². The Bertz CT molecular complexity index is 1130. The molecule has 4 fully saturated rings. The second-order valence-corrected chi connectivity index (χ2v) is 13.5. The smallest absolute Gasteiger partial charge is 0.410 e. The van der Waals surface area contributed by atoms with Gasteiger partial charge in [-0.15, -0.1) is 0 Å². The lowest BCUT2D eigenvalue weighted by Crippen LogP contribution is -2.50. The van der Waals surface area contributed by atoms with Gasteiger partial charge in [0.15, 0.2) is 0 Å². The molecule has 0 bridgehead atoms. The fourth-order valence-corrected chi connectivity index (χ4v) is 6.48. The zero-order valence-electron chi connectivity index (χ0n) is 28.2. The molecule has 4 heterocycles. The van der Waals surface area contributed by atoms with E-state index < -0.39 is 23.9 Å². The predicted molar refractivity (Wildman–Crippen MR) is 174 cm³/mol. The molecule has 3 amide bonds. The lowest BCUT2D eigenvalue weighted by atomic mass is 9.87. The first-order valence-electron chi connectivity index (χ1n) is 17.2. The van der Waals surface area contributed by atoms with Crippen LogP contribution in [0.25, 0.3) is 0 Å². The van der Waals surface area contributed by atoms with Crippen LogP contribution in [-0.4, -0.2) is 102 Å². The molecule has 4 rings (SSSR count). The summed E-state index contributed by atoms with van der Waals surface area (Å²) < 4.78 is 23.6. The van der Waals surface area contributed by atoms with Gasteiger partial charge >= 0.3 is 6.09 Å². The van der Waals surface area contributed by atoms with Crippen LogP contribution >= 0.6 is 0 Å². The standard InChI is InChI=1S/C35H55N3O8/c1-6-16-36-32(40)20-27-21-35(22-43-35)33(41)30(46-27)14-11-23(2)10-13-29-24(3)19-28(26(5)45-29)37-31(39)15-12-25(4)44-34(42)38-17-8-7-9-18-38/h10-12,14-15,24-30,33,41H,6-9,13,16-22H2,1-5H3,(H,36,40)(H,37,39)/b14-11+,15-12-,23-10+/t24-,25-,26+,27+,28+,29-,30+,33?,35+/m0/s1. The third-order valence-corrected chi connectivity index (χ3v) is 9.46. The number of aliphatic hydroxyl groups excluding tert-OH is 1. The summed E-state index contributed by atoms with van der Waals surface area (Å²) in [5.41, 5.74) is 0.394. The number of epoxide rings is 1. The number of rotatable bonds is 12. The molecule has 0 radical (unpaired) electrons. The Kier molecular flexibility index (Phi) is 13.3. The molecule has 0 aromatic heterocycles. The SMILES string of the molecule is CCCNC(=O)C[C@@H]1C[C@@]2(CO2)C(O)[C@@H](/C=C/C(C)=C/C[C@@H]2O[C@H](C)[C@H](NC(=O)/C=C\[C@H](C)OC(=O)N3CCCCC3)C[C@@H]2C)O1. The summed E-state index contributed by atoms with van der Waals surface area (Å²) in [5.74, 6) is -0.0625. The van der Waals surface area contributed by atoms with E-state index >= 15 is 0 Å². The fourth-order valence-electron chi connectivity index (χ4n) is 6.48. The third kappa shape index (κ3) is 10.4. The van der Waals surface area contributed by atoms with Crippen LogP contribution in [0.2, 0.25) is 0 Å². The number of hydrogen-bond donors (Lipinski definition) is 3. The van der Waals surface area contributed by atoms with Crippen molar-refractivity contribution in [2.75, 3.05) is 26.2 Å². The van der Waals surface area contributed by atoms with Gasteiger partial charge in [-0.2, -0.15) is 0 Å². The number of piperidine rings is 1. The van der Waals surface area contributed by atoms with Gasteiger partial charge in [0.25, 0.3) is 0 Å². The molecule has 4 aliphatic rings. The molecule has 258 valence electrons. The van der Waals surface area contributed by atoms with Gasteiger partial charge in [0.05, 0.1) is 37.4 Å². The van der Waals surface area contributed by atoms with Crippen molar-refractivity contribution in [1.82, 2.24) is 15.5 Å². The summed E-state index contributed by atoms with van der Waals surface area (Å²) in [6, 6.07) is -0.126. The van der Waals surface area contributed by atoms with E-state index in [1.807, 2.05) is 32.9 Å². The van der Waals surface area contributed by atoms with Crippen molar-refractivity contribution in [1.29, 1.82) is 0 Å². The van der Waals surface area contributed by atoms with E-state index in [0.717, 1.165) is 50.8 Å². The number of likely N-dealkylation sites (tertiary alicyclic amines) is 1. The Morgan fingerprint density at radius 2 is 1.87 bits per heavy atom. The highest BCUT2D eigenvalue weighted by Crippen LogP contribution is 2.43. The largest absolute Gasteiger partial charge is 0.442 e.